The number of fused-ring (bicyclic) bond motifs is 1. The van der Waals surface area contributed by atoms with Crippen LogP contribution in [0.3, 0.4) is 0 Å². The van der Waals surface area contributed by atoms with Gasteiger partial charge < -0.3 is 9.64 Å². The van der Waals surface area contributed by atoms with Gasteiger partial charge in [0.15, 0.2) is 5.78 Å². The lowest BCUT2D eigenvalue weighted by Crippen LogP contribution is -2.61. The van der Waals surface area contributed by atoms with E-state index in [1.54, 1.807) is 36.4 Å². The number of anilines is 1. The molecular weight excluding hydrogens is 557 g/mol. The van der Waals surface area contributed by atoms with Crippen LogP contribution in [0.4, 0.5) is 10.1 Å². The lowest BCUT2D eigenvalue weighted by atomic mass is 9.48. The van der Waals surface area contributed by atoms with Crippen molar-refractivity contribution in [3.05, 3.63) is 101 Å². The van der Waals surface area contributed by atoms with E-state index < -0.39 is 28.8 Å². The number of hydrogen-bond donors (Lipinski definition) is 1. The monoisotopic (exact) mass is 593 g/mol. The maximum atomic E-state index is 15.4. The number of halogens is 1. The number of ketones is 1. The second kappa shape index (κ2) is 10.8. The number of nitrogens with two attached hydrogens (primary N) is 1. The molecule has 1 atom stereocenters. The summed E-state index contributed by atoms with van der Waals surface area (Å²) in [5, 5.41) is 0. The third kappa shape index (κ3) is 4.76. The van der Waals surface area contributed by atoms with Gasteiger partial charge in [0.25, 0.3) is 11.6 Å². The largest absolute Gasteiger partial charge is 0.458 e. The number of ether oxygens (including phenoxy) is 1. The summed E-state index contributed by atoms with van der Waals surface area (Å²) < 4.78 is 21.0. The molecule has 4 bridgehead atoms. The minimum atomic E-state index is -2.56. The van der Waals surface area contributed by atoms with Crippen LogP contribution in [-0.4, -0.2) is 35.6 Å². The molecule has 1 unspecified atom stereocenters. The van der Waals surface area contributed by atoms with E-state index in [1.165, 1.54) is 36.3 Å². The molecule has 0 radical (unpaired) electrons. The predicted molar refractivity (Wildman–Crippen MR) is 164 cm³/mol. The molecule has 4 aliphatic carbocycles. The minimum Gasteiger partial charge on any atom is -0.458 e. The molecule has 4 saturated carbocycles. The SMILES string of the molecule is Cc1cccc2c1N(CC(=O)C13CC4CC(CC(C4)C1)C3)C(=O)C(N)(C(=O)OCc1ccccc1)N=C2c1ccccc1F. The van der Waals surface area contributed by atoms with Crippen LogP contribution < -0.4 is 10.6 Å². The number of para-hydroxylation sites is 1. The average molecular weight is 594 g/mol. The van der Waals surface area contributed by atoms with Gasteiger partial charge in [-0.05, 0) is 86.5 Å². The van der Waals surface area contributed by atoms with Crippen molar-refractivity contribution < 1.29 is 23.5 Å². The number of aryl methyl sites for hydroxylation is 1. The third-order valence-electron chi connectivity index (χ3n) is 10.2. The Bertz CT molecular complexity index is 1650. The summed E-state index contributed by atoms with van der Waals surface area (Å²) in [5.41, 5.74) is 6.02. The standard InChI is InChI=1S/C36H36FN3O4/c1-22-8-7-12-28-31(27-11-5-6-13-29(27)37)39-36(38,34(43)44-21-23-9-3-2-4-10-23)33(42)40(32(22)28)20-30(41)35-17-24-14-25(18-35)16-26(15-24)19-35/h2-13,24-26H,14-21,38H2,1H3. The summed E-state index contributed by atoms with van der Waals surface area (Å²) in [5.74, 6) is -0.906. The summed E-state index contributed by atoms with van der Waals surface area (Å²) >= 11 is 0. The van der Waals surface area contributed by atoms with Crippen molar-refractivity contribution >= 4 is 29.1 Å². The second-order valence-electron chi connectivity index (χ2n) is 13.3. The Balaban J connectivity index is 1.33. The molecule has 4 fully saturated rings. The quantitative estimate of drug-likeness (QED) is 0.288. The maximum Gasteiger partial charge on any atom is 0.359 e. The first-order valence-electron chi connectivity index (χ1n) is 15.5. The highest BCUT2D eigenvalue weighted by molar-refractivity contribution is 6.26. The summed E-state index contributed by atoms with van der Waals surface area (Å²) in [6.45, 7) is 1.45. The van der Waals surface area contributed by atoms with Crippen molar-refractivity contribution in [1.29, 1.82) is 0 Å². The number of hydrogen-bond acceptors (Lipinski definition) is 6. The Hall–Kier alpha value is -4.17. The Labute approximate surface area is 256 Å². The first-order chi connectivity index (χ1) is 21.2. The number of amides is 1. The number of benzodiazepines with no additional fused rings is 1. The normalized spacial score (nSPS) is 28.7. The van der Waals surface area contributed by atoms with Gasteiger partial charge in [-0.15, -0.1) is 0 Å². The third-order valence-corrected chi connectivity index (χ3v) is 10.2. The van der Waals surface area contributed by atoms with Gasteiger partial charge in [-0.3, -0.25) is 15.3 Å². The van der Waals surface area contributed by atoms with Gasteiger partial charge in [0, 0.05) is 16.5 Å². The van der Waals surface area contributed by atoms with Crippen LogP contribution in [0.2, 0.25) is 0 Å². The van der Waals surface area contributed by atoms with E-state index in [9.17, 15) is 14.4 Å². The van der Waals surface area contributed by atoms with E-state index >= 15 is 4.39 Å². The average Bonchev–Trinajstić information content (AvgIpc) is 3.10. The number of aliphatic imine (C=N–C) groups is 1. The molecule has 0 saturated heterocycles. The van der Waals surface area contributed by atoms with Crippen LogP contribution >= 0.6 is 0 Å². The first kappa shape index (κ1) is 28.6. The van der Waals surface area contributed by atoms with Crippen LogP contribution in [-0.2, 0) is 25.7 Å². The fraction of sp³-hybridized carbons (Fsp3) is 0.389. The predicted octanol–water partition coefficient (Wildman–Crippen LogP) is 5.50. The lowest BCUT2D eigenvalue weighted by molar-refractivity contribution is -0.155. The fourth-order valence-electron chi connectivity index (χ4n) is 8.54. The Morgan fingerprint density at radius 2 is 1.52 bits per heavy atom. The zero-order chi connectivity index (χ0) is 30.6. The number of benzene rings is 3. The van der Waals surface area contributed by atoms with Gasteiger partial charge in [0.05, 0.1) is 17.9 Å². The van der Waals surface area contributed by atoms with E-state index in [-0.39, 0.29) is 30.2 Å². The van der Waals surface area contributed by atoms with Crippen molar-refractivity contribution in [2.24, 2.45) is 33.9 Å². The molecule has 226 valence electrons. The van der Waals surface area contributed by atoms with E-state index in [0.717, 1.165) is 19.3 Å². The highest BCUT2D eigenvalue weighted by Crippen LogP contribution is 2.60. The lowest BCUT2D eigenvalue weighted by Gasteiger charge is -2.56. The van der Waals surface area contributed by atoms with Crippen molar-refractivity contribution in [2.45, 2.75) is 57.7 Å². The number of carbonyl (C=O) groups is 3. The van der Waals surface area contributed by atoms with Crippen LogP contribution in [0.1, 0.15) is 60.8 Å². The van der Waals surface area contributed by atoms with Crippen LogP contribution in [0, 0.1) is 35.9 Å². The molecule has 5 aliphatic rings. The molecule has 0 aromatic heterocycles. The smallest absolute Gasteiger partial charge is 0.359 e. The van der Waals surface area contributed by atoms with E-state index in [1.807, 2.05) is 31.2 Å². The molecule has 3 aromatic carbocycles. The zero-order valence-corrected chi connectivity index (χ0v) is 24.8. The highest BCUT2D eigenvalue weighted by Gasteiger charge is 2.56. The molecule has 2 N–H and O–H groups in total. The zero-order valence-electron chi connectivity index (χ0n) is 24.8. The van der Waals surface area contributed by atoms with E-state index in [2.05, 4.69) is 4.99 Å². The van der Waals surface area contributed by atoms with Gasteiger partial charge in [0.2, 0.25) is 0 Å². The molecule has 8 rings (SSSR count). The summed E-state index contributed by atoms with van der Waals surface area (Å²) in [7, 11) is 0. The minimum absolute atomic E-state index is 0.00602. The number of Topliss-reactive ketones (excluding diaryl/α,β-unsaturated/α-hetero) is 1. The van der Waals surface area contributed by atoms with Crippen LogP contribution in [0.15, 0.2) is 77.8 Å². The molecular formula is C36H36FN3O4. The topological polar surface area (TPSA) is 102 Å². The molecule has 1 heterocycles. The number of rotatable bonds is 7. The highest BCUT2D eigenvalue weighted by atomic mass is 19.1. The van der Waals surface area contributed by atoms with Crippen molar-refractivity contribution in [2.75, 3.05) is 11.4 Å². The molecule has 8 heteroatoms. The van der Waals surface area contributed by atoms with Crippen LogP contribution in [0.25, 0.3) is 0 Å². The maximum absolute atomic E-state index is 15.4. The Morgan fingerprint density at radius 3 is 2.18 bits per heavy atom. The Kier molecular flexibility index (Phi) is 7.00. The molecule has 1 aliphatic heterocycles. The number of carbonyl (C=O) groups excluding carboxylic acids is 3. The van der Waals surface area contributed by atoms with E-state index in [4.69, 9.17) is 10.5 Å². The fourth-order valence-corrected chi connectivity index (χ4v) is 8.54. The van der Waals surface area contributed by atoms with Crippen molar-refractivity contribution in [3.63, 3.8) is 0 Å². The molecule has 44 heavy (non-hydrogen) atoms. The number of nitrogens with zero attached hydrogens (tertiary/aromatic N) is 2. The molecule has 1 amide bonds. The first-order valence-corrected chi connectivity index (χ1v) is 15.5. The van der Waals surface area contributed by atoms with Gasteiger partial charge in [-0.25, -0.2) is 14.2 Å². The van der Waals surface area contributed by atoms with Gasteiger partial charge >= 0.3 is 5.97 Å². The molecule has 0 spiro atoms. The second-order valence-corrected chi connectivity index (χ2v) is 13.3. The molecule has 3 aromatic rings. The summed E-state index contributed by atoms with van der Waals surface area (Å²) in [6, 6.07) is 20.4. The van der Waals surface area contributed by atoms with Gasteiger partial charge in [-0.1, -0.05) is 60.7 Å². The van der Waals surface area contributed by atoms with Gasteiger partial charge in [0.1, 0.15) is 12.4 Å². The number of esters is 1. The Morgan fingerprint density at radius 1 is 0.909 bits per heavy atom. The van der Waals surface area contributed by atoms with Crippen LogP contribution in [0.5, 0.6) is 0 Å². The van der Waals surface area contributed by atoms with Gasteiger partial charge in [-0.2, -0.15) is 0 Å². The van der Waals surface area contributed by atoms with Crippen molar-refractivity contribution in [3.8, 4) is 0 Å². The molecule has 7 nitrogen and oxygen atoms in total. The summed E-state index contributed by atoms with van der Waals surface area (Å²) in [4.78, 5) is 48.7. The van der Waals surface area contributed by atoms with E-state index in [0.29, 0.717) is 40.1 Å². The van der Waals surface area contributed by atoms with Crippen molar-refractivity contribution in [1.82, 2.24) is 0 Å². The summed E-state index contributed by atoms with van der Waals surface area (Å²) in [6.07, 6.45) is 6.04.